The second kappa shape index (κ2) is 6.21. The van der Waals surface area contributed by atoms with Gasteiger partial charge in [0.1, 0.15) is 0 Å². The van der Waals surface area contributed by atoms with Gasteiger partial charge < -0.3 is 0 Å². The molecule has 0 spiro atoms. The number of carbonyl (C=O) groups is 1. The van der Waals surface area contributed by atoms with Gasteiger partial charge in [-0.1, -0.05) is 0 Å². The van der Waals surface area contributed by atoms with E-state index in [1.807, 2.05) is 12.1 Å². The van der Waals surface area contributed by atoms with Gasteiger partial charge in [0.25, 0.3) is 0 Å². The van der Waals surface area contributed by atoms with E-state index in [2.05, 4.69) is 0 Å². The van der Waals surface area contributed by atoms with Gasteiger partial charge in [-0.25, -0.2) is 0 Å². The molecule has 0 aliphatic carbocycles. The quantitative estimate of drug-likeness (QED) is 0.394. The van der Waals surface area contributed by atoms with E-state index in [0.717, 1.165) is 0 Å². The van der Waals surface area contributed by atoms with E-state index in [4.69, 9.17) is 34.1 Å². The molecule has 0 radical (unpaired) electrons. The number of rotatable bonds is 3. The molecule has 102 valence electrons. The first-order valence-corrected chi connectivity index (χ1v) is 9.65. The average molecular weight is 421 g/mol. The molecule has 0 heterocycles. The summed E-state index contributed by atoms with van der Waals surface area (Å²) in [4.78, 5) is 11.2. The third-order valence-corrected chi connectivity index (χ3v) is 10.6. The van der Waals surface area contributed by atoms with Gasteiger partial charge in [-0.05, 0) is 0 Å². The third kappa shape index (κ3) is 2.89. The maximum atomic E-state index is 11.9. The van der Waals surface area contributed by atoms with E-state index in [-0.39, 0.29) is 19.5 Å². The molecule has 0 aromatic heterocycles. The predicted molar refractivity (Wildman–Crippen MR) is 82.0 cm³/mol. The maximum Gasteiger partial charge on any atom is 0 e. The zero-order valence-electron chi connectivity index (χ0n) is 9.62. The van der Waals surface area contributed by atoms with Gasteiger partial charge >= 0.3 is 120 Å². The van der Waals surface area contributed by atoms with Gasteiger partial charge in [0.2, 0.25) is 0 Å². The van der Waals surface area contributed by atoms with Crippen molar-refractivity contribution in [1.29, 1.82) is 0 Å². The molecule has 2 aromatic rings. The molecule has 0 unspecified atom stereocenters. The van der Waals surface area contributed by atoms with Crippen molar-refractivity contribution in [3.63, 3.8) is 0 Å². The summed E-state index contributed by atoms with van der Waals surface area (Å²) >= 11 is 18.9. The number of benzene rings is 2. The molecule has 0 fully saturated rings. The van der Waals surface area contributed by atoms with Crippen molar-refractivity contribution >= 4 is 55.0 Å². The van der Waals surface area contributed by atoms with E-state index >= 15 is 0 Å². The van der Waals surface area contributed by atoms with Crippen LogP contribution in [0.3, 0.4) is 0 Å². The Bertz CT molecular complexity index is 531. The Morgan fingerprint density at radius 1 is 0.789 bits per heavy atom. The van der Waals surface area contributed by atoms with E-state index in [1.165, 1.54) is 0 Å². The van der Waals surface area contributed by atoms with Crippen LogP contribution in [0.2, 0.25) is 0 Å². The molecule has 19 heavy (non-hydrogen) atoms. The SMILES string of the molecule is O=C(Cl)P(Cl)(Cl)(c1ccccc1)c1ccccc1.[Ru]. The first-order chi connectivity index (χ1) is 8.46. The number of hydrogen-bond acceptors (Lipinski definition) is 1. The van der Waals surface area contributed by atoms with E-state index in [1.54, 1.807) is 48.5 Å². The van der Waals surface area contributed by atoms with Crippen LogP contribution in [0.5, 0.6) is 0 Å². The number of hydrogen-bond donors (Lipinski definition) is 0. The second-order valence-corrected chi connectivity index (χ2v) is 12.3. The van der Waals surface area contributed by atoms with Crippen molar-refractivity contribution in [3.8, 4) is 0 Å². The molecular formula is C13H10Cl3OPRu. The van der Waals surface area contributed by atoms with Crippen molar-refractivity contribution in [2.45, 2.75) is 0 Å². The Kier molecular flexibility index (Phi) is 5.58. The summed E-state index contributed by atoms with van der Waals surface area (Å²) in [5, 5.41) is -2.89. The minimum atomic E-state index is -4.00. The molecule has 0 saturated heterocycles. The molecule has 0 aliphatic rings. The number of carbonyl (C=O) groups excluding carboxylic acids is 1. The van der Waals surface area contributed by atoms with Gasteiger partial charge in [-0.15, -0.1) is 0 Å². The van der Waals surface area contributed by atoms with Crippen LogP contribution in [0.1, 0.15) is 0 Å². The van der Waals surface area contributed by atoms with E-state index in [9.17, 15) is 4.79 Å². The Balaban J connectivity index is 0.00000180. The fourth-order valence-electron chi connectivity index (χ4n) is 1.73. The Labute approximate surface area is 139 Å². The van der Waals surface area contributed by atoms with Crippen LogP contribution >= 0.6 is 39.4 Å². The second-order valence-electron chi connectivity index (χ2n) is 3.83. The van der Waals surface area contributed by atoms with Crippen molar-refractivity contribution in [3.05, 3.63) is 60.7 Å². The van der Waals surface area contributed by atoms with Crippen LogP contribution < -0.4 is 10.6 Å². The molecule has 0 N–H and O–H groups in total. The van der Waals surface area contributed by atoms with Gasteiger partial charge in [-0.3, -0.25) is 0 Å². The first-order valence-electron chi connectivity index (χ1n) is 5.22. The fraction of sp³-hybridized carbons (Fsp3) is 0. The molecule has 1 nitrogen and oxygen atoms in total. The van der Waals surface area contributed by atoms with Crippen LogP contribution in [0.15, 0.2) is 60.7 Å². The van der Waals surface area contributed by atoms with Crippen molar-refractivity contribution in [2.75, 3.05) is 0 Å². The molecular weight excluding hydrogens is 411 g/mol. The summed E-state index contributed by atoms with van der Waals surface area (Å²) in [6.07, 6.45) is 0. The van der Waals surface area contributed by atoms with E-state index < -0.39 is 10.3 Å². The topological polar surface area (TPSA) is 17.1 Å². The summed E-state index contributed by atoms with van der Waals surface area (Å²) in [6, 6.07) is 17.7. The molecule has 2 rings (SSSR count). The average Bonchev–Trinajstić information content (AvgIpc) is 2.41. The fourth-order valence-corrected chi connectivity index (χ4v) is 5.76. The predicted octanol–water partition coefficient (Wildman–Crippen LogP) is 4.85. The molecule has 0 aliphatic heterocycles. The molecule has 0 saturated carbocycles. The smallest absolute Gasteiger partial charge is 0 e. The van der Waals surface area contributed by atoms with Crippen LogP contribution in [0.4, 0.5) is 4.79 Å². The zero-order chi connectivity index (χ0) is 13.3. The molecule has 0 bridgehead atoms. The van der Waals surface area contributed by atoms with E-state index in [0.29, 0.717) is 10.6 Å². The standard InChI is InChI=1S/C13H10Cl3OP.Ru/c14-13(17)18(15,16,11-7-3-1-4-8-11)12-9-5-2-6-10-12;/h1-10H;. The van der Waals surface area contributed by atoms with Crippen LogP contribution in [0, 0.1) is 0 Å². The summed E-state index contributed by atoms with van der Waals surface area (Å²) in [7, 11) is 0. The minimum absolute atomic E-state index is 0. The molecule has 0 amide bonds. The Hall–Kier alpha value is 0.0334. The van der Waals surface area contributed by atoms with Gasteiger partial charge in [0, 0.05) is 19.5 Å². The summed E-state index contributed by atoms with van der Waals surface area (Å²) in [5.74, 6) is 0. The third-order valence-electron chi connectivity index (χ3n) is 2.73. The minimum Gasteiger partial charge on any atom is 0 e. The summed E-state index contributed by atoms with van der Waals surface area (Å²) in [5.41, 5.74) is 0. The van der Waals surface area contributed by atoms with Crippen molar-refractivity contribution in [1.82, 2.24) is 0 Å². The number of halogens is 3. The van der Waals surface area contributed by atoms with Gasteiger partial charge in [0.05, 0.1) is 0 Å². The van der Waals surface area contributed by atoms with Crippen molar-refractivity contribution in [2.24, 2.45) is 0 Å². The van der Waals surface area contributed by atoms with Crippen LogP contribution in [-0.4, -0.2) is 4.98 Å². The first kappa shape index (κ1) is 17.1. The summed E-state index contributed by atoms with van der Waals surface area (Å²) < 4.78 is 0. The Morgan fingerprint density at radius 2 is 1.11 bits per heavy atom. The van der Waals surface area contributed by atoms with Crippen LogP contribution in [0.25, 0.3) is 0 Å². The van der Waals surface area contributed by atoms with Gasteiger partial charge in [0.15, 0.2) is 0 Å². The monoisotopic (exact) mass is 420 g/mol. The van der Waals surface area contributed by atoms with Gasteiger partial charge in [-0.2, -0.15) is 0 Å². The van der Waals surface area contributed by atoms with Crippen molar-refractivity contribution < 1.29 is 24.3 Å². The molecule has 6 heteroatoms. The normalized spacial score (nSPS) is 12.9. The molecule has 0 atom stereocenters. The largest absolute Gasteiger partial charge is 0 e. The molecule has 2 aromatic carbocycles. The summed E-state index contributed by atoms with van der Waals surface area (Å²) in [6.45, 7) is 0. The van der Waals surface area contributed by atoms with Crippen LogP contribution in [-0.2, 0) is 19.5 Å². The zero-order valence-corrected chi connectivity index (χ0v) is 14.5. The maximum absolute atomic E-state index is 11.9. The Morgan fingerprint density at radius 3 is 1.37 bits per heavy atom.